The van der Waals surface area contributed by atoms with Crippen molar-refractivity contribution in [3.63, 3.8) is 0 Å². The lowest BCUT2D eigenvalue weighted by Gasteiger charge is -2.14. The second kappa shape index (κ2) is 8.87. The number of carbonyl (C=O) groups excluding carboxylic acids is 1. The number of phenolic OH excluding ortho intramolecular Hbond substituents is 1. The van der Waals surface area contributed by atoms with Crippen LogP contribution in [0.25, 0.3) is 10.2 Å². The number of aromatic nitrogens is 3. The van der Waals surface area contributed by atoms with Crippen molar-refractivity contribution >= 4 is 33.4 Å². The fraction of sp³-hybridized carbons (Fsp3) is 0.182. The largest absolute Gasteiger partial charge is 0.508 e. The molecule has 4 aromatic rings. The number of aromatic hydroxyl groups is 1. The Morgan fingerprint density at radius 2 is 2.10 bits per heavy atom. The van der Waals surface area contributed by atoms with Gasteiger partial charge >= 0.3 is 0 Å². The highest BCUT2D eigenvalue weighted by Gasteiger charge is 2.17. The van der Waals surface area contributed by atoms with E-state index in [-0.39, 0.29) is 17.7 Å². The van der Waals surface area contributed by atoms with Crippen molar-refractivity contribution in [2.24, 2.45) is 0 Å². The summed E-state index contributed by atoms with van der Waals surface area (Å²) in [4.78, 5) is 26.0. The summed E-state index contributed by atoms with van der Waals surface area (Å²) < 4.78 is 0.754. The highest BCUT2D eigenvalue weighted by molar-refractivity contribution is 7.17. The fourth-order valence-electron chi connectivity index (χ4n) is 3.11. The third-order valence-corrected chi connectivity index (χ3v) is 5.57. The van der Waals surface area contributed by atoms with Crippen LogP contribution < -0.4 is 10.6 Å². The summed E-state index contributed by atoms with van der Waals surface area (Å²) in [6, 6.07) is 12.7. The molecule has 0 saturated carbocycles. The summed E-state index contributed by atoms with van der Waals surface area (Å²) in [6.45, 7) is 2.43. The standard InChI is InChI=1S/C22H21N5O2S/c1-14(16-5-3-9-23-13-16)25-22-26-18-8-11-30-20(18)19(27-22)21(29)24-10-7-15-4-2-6-17(28)12-15/h2-6,8-9,11-14,28H,7,10H2,1H3,(H,24,29)(H,25,26,27)/t14-/m0/s1. The molecule has 0 spiro atoms. The number of amides is 1. The molecular formula is C22H21N5O2S. The highest BCUT2D eigenvalue weighted by Crippen LogP contribution is 2.25. The highest BCUT2D eigenvalue weighted by atomic mass is 32.1. The molecule has 0 unspecified atom stereocenters. The van der Waals surface area contributed by atoms with E-state index >= 15 is 0 Å². The molecule has 0 aliphatic carbocycles. The number of anilines is 1. The number of fused-ring (bicyclic) bond motifs is 1. The van der Waals surface area contributed by atoms with Crippen LogP contribution in [-0.2, 0) is 6.42 Å². The Hall–Kier alpha value is -3.52. The van der Waals surface area contributed by atoms with Crippen LogP contribution in [-0.4, -0.2) is 32.5 Å². The summed E-state index contributed by atoms with van der Waals surface area (Å²) >= 11 is 1.44. The lowest BCUT2D eigenvalue weighted by molar-refractivity contribution is 0.0951. The lowest BCUT2D eigenvalue weighted by atomic mass is 10.1. The number of hydrogen-bond acceptors (Lipinski definition) is 7. The van der Waals surface area contributed by atoms with Crippen molar-refractivity contribution in [3.8, 4) is 5.75 Å². The third-order valence-electron chi connectivity index (χ3n) is 4.66. The number of phenols is 1. The molecule has 1 atom stereocenters. The molecular weight excluding hydrogens is 398 g/mol. The maximum Gasteiger partial charge on any atom is 0.271 e. The van der Waals surface area contributed by atoms with Gasteiger partial charge in [0, 0.05) is 18.9 Å². The Labute approximate surface area is 177 Å². The molecule has 3 aromatic heterocycles. The van der Waals surface area contributed by atoms with E-state index in [1.54, 1.807) is 30.6 Å². The molecule has 30 heavy (non-hydrogen) atoms. The van der Waals surface area contributed by atoms with E-state index in [0.717, 1.165) is 21.3 Å². The predicted molar refractivity (Wildman–Crippen MR) is 118 cm³/mol. The van der Waals surface area contributed by atoms with Gasteiger partial charge < -0.3 is 15.7 Å². The first-order valence-electron chi connectivity index (χ1n) is 9.58. The summed E-state index contributed by atoms with van der Waals surface area (Å²) in [6.07, 6.45) is 4.13. The second-order valence-corrected chi connectivity index (χ2v) is 7.78. The minimum atomic E-state index is -0.248. The first-order chi connectivity index (χ1) is 14.6. The Morgan fingerprint density at radius 3 is 2.90 bits per heavy atom. The SMILES string of the molecule is C[C@H](Nc1nc(C(=O)NCCc2cccc(O)c2)c2sccc2n1)c1cccnc1. The van der Waals surface area contributed by atoms with Crippen LogP contribution >= 0.6 is 11.3 Å². The van der Waals surface area contributed by atoms with E-state index in [9.17, 15) is 9.90 Å². The normalized spacial score (nSPS) is 11.9. The lowest BCUT2D eigenvalue weighted by Crippen LogP contribution is -2.27. The molecule has 1 amide bonds. The zero-order valence-corrected chi connectivity index (χ0v) is 17.2. The van der Waals surface area contributed by atoms with Crippen LogP contribution in [0.3, 0.4) is 0 Å². The van der Waals surface area contributed by atoms with Crippen molar-refractivity contribution in [1.29, 1.82) is 0 Å². The molecule has 0 bridgehead atoms. The molecule has 0 aliphatic rings. The smallest absolute Gasteiger partial charge is 0.271 e. The van der Waals surface area contributed by atoms with Crippen LogP contribution in [0.5, 0.6) is 5.75 Å². The average Bonchev–Trinajstić information content (AvgIpc) is 3.22. The summed E-state index contributed by atoms with van der Waals surface area (Å²) in [5.41, 5.74) is 3.04. The number of pyridine rings is 1. The minimum Gasteiger partial charge on any atom is -0.508 e. The molecule has 7 nitrogen and oxygen atoms in total. The molecule has 4 rings (SSSR count). The molecule has 0 fully saturated rings. The van der Waals surface area contributed by atoms with Crippen molar-refractivity contribution in [3.05, 3.63) is 77.1 Å². The molecule has 3 heterocycles. The van der Waals surface area contributed by atoms with E-state index in [1.807, 2.05) is 36.6 Å². The van der Waals surface area contributed by atoms with Gasteiger partial charge in [-0.2, -0.15) is 0 Å². The van der Waals surface area contributed by atoms with Gasteiger partial charge in [0.1, 0.15) is 5.75 Å². The van der Waals surface area contributed by atoms with Crippen LogP contribution in [0.15, 0.2) is 60.2 Å². The number of rotatable bonds is 7. The maximum absolute atomic E-state index is 12.8. The topological polar surface area (TPSA) is 100 Å². The average molecular weight is 420 g/mol. The number of benzene rings is 1. The van der Waals surface area contributed by atoms with Crippen molar-refractivity contribution in [2.75, 3.05) is 11.9 Å². The van der Waals surface area contributed by atoms with Gasteiger partial charge in [0.25, 0.3) is 5.91 Å². The first-order valence-corrected chi connectivity index (χ1v) is 10.5. The van der Waals surface area contributed by atoms with Gasteiger partial charge in [-0.3, -0.25) is 9.78 Å². The van der Waals surface area contributed by atoms with E-state index in [1.165, 1.54) is 11.3 Å². The van der Waals surface area contributed by atoms with Crippen LogP contribution in [0, 0.1) is 0 Å². The van der Waals surface area contributed by atoms with Gasteiger partial charge in [0.2, 0.25) is 5.95 Å². The van der Waals surface area contributed by atoms with Crippen molar-refractivity contribution < 1.29 is 9.90 Å². The monoisotopic (exact) mass is 419 g/mol. The van der Waals surface area contributed by atoms with Gasteiger partial charge in [0.05, 0.1) is 16.3 Å². The molecule has 152 valence electrons. The molecule has 8 heteroatoms. The van der Waals surface area contributed by atoms with E-state index in [0.29, 0.717) is 24.6 Å². The van der Waals surface area contributed by atoms with Gasteiger partial charge in [-0.1, -0.05) is 18.2 Å². The molecule has 0 radical (unpaired) electrons. The summed E-state index contributed by atoms with van der Waals surface area (Å²) in [5.74, 6) is 0.367. The zero-order chi connectivity index (χ0) is 20.9. The van der Waals surface area contributed by atoms with Crippen LogP contribution in [0.1, 0.15) is 34.6 Å². The Balaban J connectivity index is 1.49. The van der Waals surface area contributed by atoms with Gasteiger partial charge in [-0.15, -0.1) is 11.3 Å². The van der Waals surface area contributed by atoms with E-state index in [4.69, 9.17) is 0 Å². The van der Waals surface area contributed by atoms with E-state index < -0.39 is 0 Å². The molecule has 1 aromatic carbocycles. The van der Waals surface area contributed by atoms with Gasteiger partial charge in [-0.05, 0) is 54.1 Å². The molecule has 0 aliphatic heterocycles. The zero-order valence-electron chi connectivity index (χ0n) is 16.4. The maximum atomic E-state index is 12.8. The number of nitrogens with one attached hydrogen (secondary N) is 2. The van der Waals surface area contributed by atoms with Crippen LogP contribution in [0.4, 0.5) is 5.95 Å². The quantitative estimate of drug-likeness (QED) is 0.420. The predicted octanol–water partition coefficient (Wildman–Crippen LogP) is 3.94. The number of nitrogens with zero attached hydrogens (tertiary/aromatic N) is 3. The summed E-state index contributed by atoms with van der Waals surface area (Å²) in [7, 11) is 0. The van der Waals surface area contributed by atoms with Gasteiger partial charge in [-0.25, -0.2) is 9.97 Å². The Morgan fingerprint density at radius 1 is 1.20 bits per heavy atom. The Bertz CT molecular complexity index is 1160. The third kappa shape index (κ3) is 4.55. The number of carbonyl (C=O) groups is 1. The fourth-order valence-corrected chi connectivity index (χ4v) is 3.92. The number of thiophene rings is 1. The van der Waals surface area contributed by atoms with Gasteiger partial charge in [0.15, 0.2) is 5.69 Å². The van der Waals surface area contributed by atoms with Crippen molar-refractivity contribution in [1.82, 2.24) is 20.3 Å². The number of hydrogen-bond donors (Lipinski definition) is 3. The first kappa shape index (κ1) is 19.8. The summed E-state index contributed by atoms with van der Waals surface area (Å²) in [5, 5.41) is 17.6. The second-order valence-electron chi connectivity index (χ2n) is 6.86. The Kier molecular flexibility index (Phi) is 5.85. The molecule has 0 saturated heterocycles. The minimum absolute atomic E-state index is 0.0588. The van der Waals surface area contributed by atoms with E-state index in [2.05, 4.69) is 25.6 Å². The molecule has 3 N–H and O–H groups in total. The van der Waals surface area contributed by atoms with Crippen LogP contribution in [0.2, 0.25) is 0 Å². The van der Waals surface area contributed by atoms with Crippen molar-refractivity contribution in [2.45, 2.75) is 19.4 Å².